The Morgan fingerprint density at radius 3 is 2.17 bits per heavy atom. The zero-order valence-electron chi connectivity index (χ0n) is 15.5. The number of amides is 3. The second-order valence-corrected chi connectivity index (χ2v) is 8.31. The Labute approximate surface area is 146 Å². The van der Waals surface area contributed by atoms with Crippen LogP contribution in [0.3, 0.4) is 0 Å². The van der Waals surface area contributed by atoms with Gasteiger partial charge in [0.05, 0.1) is 6.67 Å². The number of carbonyl (C=O) groups is 2. The monoisotopic (exact) mass is 335 g/mol. The normalized spacial score (nSPS) is 31.6. The lowest BCUT2D eigenvalue weighted by Crippen LogP contribution is -2.59. The zero-order chi connectivity index (χ0) is 17.3. The molecule has 3 fully saturated rings. The van der Waals surface area contributed by atoms with Crippen LogP contribution >= 0.6 is 0 Å². The third kappa shape index (κ3) is 2.96. The van der Waals surface area contributed by atoms with E-state index >= 15 is 0 Å². The summed E-state index contributed by atoms with van der Waals surface area (Å²) in [6.07, 6.45) is 10.7. The number of urea groups is 1. The van der Waals surface area contributed by atoms with Gasteiger partial charge in [0.25, 0.3) is 5.91 Å². The maximum atomic E-state index is 13.2. The Morgan fingerprint density at radius 2 is 1.58 bits per heavy atom. The molecule has 0 aromatic rings. The van der Waals surface area contributed by atoms with E-state index in [0.717, 1.165) is 19.3 Å². The van der Waals surface area contributed by atoms with Crippen molar-refractivity contribution in [2.45, 2.75) is 83.2 Å². The number of rotatable bonds is 3. The predicted molar refractivity (Wildman–Crippen MR) is 94.4 cm³/mol. The van der Waals surface area contributed by atoms with Crippen LogP contribution in [0, 0.1) is 11.8 Å². The Kier molecular flexibility index (Phi) is 5.19. The Morgan fingerprint density at radius 1 is 1.00 bits per heavy atom. The van der Waals surface area contributed by atoms with Crippen molar-refractivity contribution in [1.29, 1.82) is 0 Å². The van der Waals surface area contributed by atoms with E-state index in [2.05, 4.69) is 31.1 Å². The van der Waals surface area contributed by atoms with Crippen molar-refractivity contribution >= 4 is 11.9 Å². The highest BCUT2D eigenvalue weighted by molar-refractivity contribution is 6.07. The lowest BCUT2D eigenvalue weighted by atomic mass is 9.67. The lowest BCUT2D eigenvalue weighted by molar-refractivity contribution is -0.138. The van der Waals surface area contributed by atoms with Gasteiger partial charge in [0, 0.05) is 6.04 Å². The zero-order valence-corrected chi connectivity index (χ0v) is 15.5. The molecule has 0 bridgehead atoms. The summed E-state index contributed by atoms with van der Waals surface area (Å²) in [6, 6.07) is 0.298. The first-order chi connectivity index (χ1) is 11.5. The number of imide groups is 1. The van der Waals surface area contributed by atoms with Gasteiger partial charge in [-0.2, -0.15) is 0 Å². The van der Waals surface area contributed by atoms with Crippen molar-refractivity contribution in [2.75, 3.05) is 13.7 Å². The average Bonchev–Trinajstić information content (AvgIpc) is 2.76. The first-order valence-corrected chi connectivity index (χ1v) is 9.81. The van der Waals surface area contributed by atoms with Crippen molar-refractivity contribution in [2.24, 2.45) is 11.8 Å². The fourth-order valence-electron chi connectivity index (χ4n) is 5.12. The average molecular weight is 335 g/mol. The second-order valence-electron chi connectivity index (χ2n) is 8.31. The van der Waals surface area contributed by atoms with Gasteiger partial charge >= 0.3 is 6.03 Å². The highest BCUT2D eigenvalue weighted by atomic mass is 16.2. The van der Waals surface area contributed by atoms with E-state index in [0.29, 0.717) is 12.7 Å². The lowest BCUT2D eigenvalue weighted by Gasteiger charge is -2.42. The van der Waals surface area contributed by atoms with Crippen LogP contribution in [0.25, 0.3) is 0 Å². The van der Waals surface area contributed by atoms with Crippen LogP contribution in [0.2, 0.25) is 0 Å². The van der Waals surface area contributed by atoms with Crippen LogP contribution in [0.4, 0.5) is 4.79 Å². The van der Waals surface area contributed by atoms with E-state index in [4.69, 9.17) is 0 Å². The minimum Gasteiger partial charge on any atom is -0.323 e. The summed E-state index contributed by atoms with van der Waals surface area (Å²) < 4.78 is 0. The fraction of sp³-hybridized carbons (Fsp3) is 0.895. The number of hydrogen-bond acceptors (Lipinski definition) is 3. The molecule has 3 rings (SSSR count). The Bertz CT molecular complexity index is 475. The molecule has 3 amide bonds. The van der Waals surface area contributed by atoms with Crippen molar-refractivity contribution in [3.8, 4) is 0 Å². The van der Waals surface area contributed by atoms with Crippen LogP contribution in [-0.4, -0.2) is 47.0 Å². The van der Waals surface area contributed by atoms with Crippen LogP contribution < -0.4 is 5.32 Å². The van der Waals surface area contributed by atoms with E-state index < -0.39 is 5.54 Å². The smallest absolute Gasteiger partial charge is 0.323 e. The summed E-state index contributed by atoms with van der Waals surface area (Å²) >= 11 is 0. The summed E-state index contributed by atoms with van der Waals surface area (Å²) in [5, 5.41) is 3.10. The van der Waals surface area contributed by atoms with Gasteiger partial charge in [0.2, 0.25) is 0 Å². The Hall–Kier alpha value is -1.10. The molecular formula is C19H33N3O2. The third-order valence-corrected chi connectivity index (χ3v) is 6.80. The summed E-state index contributed by atoms with van der Waals surface area (Å²) in [5.41, 5.74) is -0.667. The van der Waals surface area contributed by atoms with Crippen LogP contribution in [0.1, 0.15) is 71.6 Å². The number of hydrogen-bond donors (Lipinski definition) is 1. The van der Waals surface area contributed by atoms with Crippen molar-refractivity contribution in [3.05, 3.63) is 0 Å². The summed E-state index contributed by atoms with van der Waals surface area (Å²) in [6.45, 7) is 4.66. The van der Waals surface area contributed by atoms with Gasteiger partial charge in [0.1, 0.15) is 5.54 Å². The molecule has 2 saturated carbocycles. The van der Waals surface area contributed by atoms with Gasteiger partial charge in [-0.3, -0.25) is 9.69 Å². The molecule has 136 valence electrons. The van der Waals surface area contributed by atoms with E-state index in [1.807, 2.05) is 0 Å². The molecule has 3 aliphatic rings. The largest absolute Gasteiger partial charge is 0.326 e. The number of carbonyl (C=O) groups excluding carboxylic acids is 2. The molecule has 0 aromatic heterocycles. The summed E-state index contributed by atoms with van der Waals surface area (Å²) in [5.74, 6) is 0.435. The molecule has 0 aromatic carbocycles. The van der Waals surface area contributed by atoms with Crippen molar-refractivity contribution in [3.63, 3.8) is 0 Å². The minimum absolute atomic E-state index is 0.00710. The summed E-state index contributed by atoms with van der Waals surface area (Å²) in [4.78, 5) is 29.5. The fourth-order valence-corrected chi connectivity index (χ4v) is 5.12. The molecule has 1 saturated heterocycles. The van der Waals surface area contributed by atoms with Crippen LogP contribution in [0.15, 0.2) is 0 Å². The van der Waals surface area contributed by atoms with Gasteiger partial charge < -0.3 is 5.32 Å². The minimum atomic E-state index is -0.667. The van der Waals surface area contributed by atoms with Gasteiger partial charge in [-0.05, 0) is 44.6 Å². The van der Waals surface area contributed by atoms with Gasteiger partial charge in [-0.25, -0.2) is 9.69 Å². The molecule has 0 unspecified atom stereocenters. The number of nitrogens with one attached hydrogen (secondary N) is 1. The molecule has 2 atom stereocenters. The van der Waals surface area contributed by atoms with Crippen molar-refractivity contribution in [1.82, 2.24) is 15.1 Å². The number of nitrogens with zero attached hydrogens (tertiary/aromatic N) is 2. The van der Waals surface area contributed by atoms with E-state index in [1.165, 1.54) is 43.4 Å². The molecule has 5 heteroatoms. The molecule has 2 aliphatic carbocycles. The standard InChI is InChI=1S/C19H33N3O2/c1-14-9-8-10-15(2)19(14)17(23)22(18(24)20-19)13-21(3)16-11-6-4-5-7-12-16/h14-16H,4-13H2,1-3H3,(H,20,24)/t14-,15-/m1/s1. The second kappa shape index (κ2) is 7.03. The quantitative estimate of drug-likeness (QED) is 0.636. The maximum Gasteiger partial charge on any atom is 0.326 e. The molecule has 0 radical (unpaired) electrons. The predicted octanol–water partition coefficient (Wildman–Crippen LogP) is 3.35. The SMILES string of the molecule is C[C@@H]1CCC[C@@H](C)C12NC(=O)N(CN(C)C1CCCCCC1)C2=O. The van der Waals surface area contributed by atoms with Crippen LogP contribution in [-0.2, 0) is 4.79 Å². The molecule has 1 N–H and O–H groups in total. The molecule has 24 heavy (non-hydrogen) atoms. The molecule has 1 heterocycles. The van der Waals surface area contributed by atoms with E-state index in [-0.39, 0.29) is 23.8 Å². The molecule has 1 spiro atoms. The molecular weight excluding hydrogens is 302 g/mol. The van der Waals surface area contributed by atoms with E-state index in [1.54, 1.807) is 0 Å². The van der Waals surface area contributed by atoms with Crippen LogP contribution in [0.5, 0.6) is 0 Å². The van der Waals surface area contributed by atoms with Gasteiger partial charge in [-0.1, -0.05) is 46.0 Å². The highest BCUT2D eigenvalue weighted by Gasteiger charge is 2.58. The topological polar surface area (TPSA) is 52.7 Å². The Balaban J connectivity index is 1.72. The summed E-state index contributed by atoms with van der Waals surface area (Å²) in [7, 11) is 2.06. The van der Waals surface area contributed by atoms with Gasteiger partial charge in [-0.15, -0.1) is 0 Å². The van der Waals surface area contributed by atoms with E-state index in [9.17, 15) is 9.59 Å². The maximum absolute atomic E-state index is 13.2. The highest BCUT2D eigenvalue weighted by Crippen LogP contribution is 2.42. The third-order valence-electron chi connectivity index (χ3n) is 6.80. The first-order valence-electron chi connectivity index (χ1n) is 9.81. The van der Waals surface area contributed by atoms with Gasteiger partial charge in [0.15, 0.2) is 0 Å². The molecule has 1 aliphatic heterocycles. The first kappa shape index (κ1) is 17.7. The van der Waals surface area contributed by atoms with Crippen molar-refractivity contribution < 1.29 is 9.59 Å². The molecule has 5 nitrogen and oxygen atoms in total.